The van der Waals surface area contributed by atoms with Gasteiger partial charge in [-0.25, -0.2) is 0 Å². The summed E-state index contributed by atoms with van der Waals surface area (Å²) in [4.78, 5) is 24.4. The first kappa shape index (κ1) is 61.8. The number of carbonyl (C=O) groups excluding carboxylic acids is 2. The second-order valence-corrected chi connectivity index (χ2v) is 18.9. The fourth-order valence-corrected chi connectivity index (χ4v) is 8.33. The van der Waals surface area contributed by atoms with Crippen molar-refractivity contribution in [2.45, 2.75) is 296 Å². The van der Waals surface area contributed by atoms with Crippen LogP contribution in [0.2, 0.25) is 0 Å². The molecule has 0 fully saturated rings. The summed E-state index contributed by atoms with van der Waals surface area (Å²) in [7, 11) is 0. The van der Waals surface area contributed by atoms with Gasteiger partial charge in [0.2, 0.25) is 5.91 Å². The van der Waals surface area contributed by atoms with Crippen LogP contribution in [0.3, 0.4) is 0 Å². The predicted molar refractivity (Wildman–Crippen MR) is 278 cm³/mol. The van der Waals surface area contributed by atoms with Gasteiger partial charge in [-0.05, 0) is 77.0 Å². The van der Waals surface area contributed by atoms with Gasteiger partial charge < -0.3 is 20.3 Å². The number of hydrogen-bond acceptors (Lipinski definition) is 5. The number of hydrogen-bond donors (Lipinski definition) is 3. The van der Waals surface area contributed by atoms with Gasteiger partial charge in [0.1, 0.15) is 0 Å². The second kappa shape index (κ2) is 53.4. The summed E-state index contributed by atoms with van der Waals surface area (Å²) in [5.74, 6) is -0.0868. The number of nitrogens with one attached hydrogen (secondary N) is 1. The lowest BCUT2D eigenvalue weighted by Crippen LogP contribution is -2.45. The lowest BCUT2D eigenvalue weighted by Gasteiger charge is -2.22. The Bertz CT molecular complexity index is 1080. The lowest BCUT2D eigenvalue weighted by molar-refractivity contribution is -0.143. The Labute approximate surface area is 397 Å². The number of ether oxygens (including phenoxy) is 1. The number of allylic oxidation sites excluding steroid dienone is 7. The van der Waals surface area contributed by atoms with Gasteiger partial charge in [0, 0.05) is 12.8 Å². The zero-order valence-electron chi connectivity index (χ0n) is 42.5. The van der Waals surface area contributed by atoms with Crippen molar-refractivity contribution in [1.82, 2.24) is 5.32 Å². The zero-order chi connectivity index (χ0) is 46.5. The summed E-state index contributed by atoms with van der Waals surface area (Å²) in [6, 6.07) is -0.544. The van der Waals surface area contributed by atoms with Crippen molar-refractivity contribution < 1.29 is 24.5 Å². The molecule has 0 aromatic rings. The molecule has 0 aliphatic heterocycles. The average Bonchev–Trinajstić information content (AvgIpc) is 3.29. The van der Waals surface area contributed by atoms with Crippen molar-refractivity contribution in [2.75, 3.05) is 13.2 Å². The van der Waals surface area contributed by atoms with E-state index in [1.54, 1.807) is 0 Å². The van der Waals surface area contributed by atoms with E-state index in [1.807, 2.05) is 0 Å². The number of aliphatic hydroxyl groups is 2. The normalized spacial score (nSPS) is 13.0. The lowest BCUT2D eigenvalue weighted by atomic mass is 10.0. The van der Waals surface area contributed by atoms with Crippen LogP contribution < -0.4 is 5.32 Å². The monoisotopic (exact) mass is 898 g/mol. The Kier molecular flexibility index (Phi) is 51.6. The first-order chi connectivity index (χ1) is 31.5. The van der Waals surface area contributed by atoms with Crippen LogP contribution in [0.15, 0.2) is 48.6 Å². The summed E-state index contributed by atoms with van der Waals surface area (Å²) in [6.45, 7) is 4.79. The highest BCUT2D eigenvalue weighted by molar-refractivity contribution is 5.76. The minimum atomic E-state index is -0.666. The highest BCUT2D eigenvalue weighted by atomic mass is 16.5. The molecule has 0 heterocycles. The summed E-state index contributed by atoms with van der Waals surface area (Å²) >= 11 is 0. The van der Waals surface area contributed by atoms with E-state index in [4.69, 9.17) is 4.74 Å². The van der Waals surface area contributed by atoms with Crippen LogP contribution in [0.5, 0.6) is 0 Å². The van der Waals surface area contributed by atoms with Crippen LogP contribution in [0.1, 0.15) is 284 Å². The molecular formula is C58H107NO5. The van der Waals surface area contributed by atoms with Crippen molar-refractivity contribution in [3.63, 3.8) is 0 Å². The van der Waals surface area contributed by atoms with Crippen molar-refractivity contribution in [3.8, 4) is 0 Å². The maximum absolute atomic E-state index is 12.4. The van der Waals surface area contributed by atoms with E-state index in [-0.39, 0.29) is 18.5 Å². The van der Waals surface area contributed by atoms with E-state index in [2.05, 4.69) is 67.8 Å². The summed E-state index contributed by atoms with van der Waals surface area (Å²) < 4.78 is 5.41. The largest absolute Gasteiger partial charge is 0.465 e. The van der Waals surface area contributed by atoms with Gasteiger partial charge in [-0.15, -0.1) is 0 Å². The first-order valence-electron chi connectivity index (χ1n) is 27.9. The first-order valence-corrected chi connectivity index (χ1v) is 27.9. The molecule has 0 aliphatic carbocycles. The zero-order valence-corrected chi connectivity index (χ0v) is 42.5. The molecule has 2 unspecified atom stereocenters. The Morgan fingerprint density at radius 1 is 0.438 bits per heavy atom. The summed E-state index contributed by atoms with van der Waals surface area (Å²) in [5, 5.41) is 23.1. The molecule has 0 radical (unpaired) electrons. The molecule has 0 spiro atoms. The smallest absolute Gasteiger partial charge is 0.305 e. The third kappa shape index (κ3) is 49.3. The van der Waals surface area contributed by atoms with Gasteiger partial charge in [0.25, 0.3) is 0 Å². The molecule has 6 heteroatoms. The Balaban J connectivity index is 3.44. The molecule has 0 aromatic heterocycles. The van der Waals surface area contributed by atoms with Gasteiger partial charge in [0.05, 0.1) is 25.4 Å². The minimum Gasteiger partial charge on any atom is -0.465 e. The van der Waals surface area contributed by atoms with Crippen LogP contribution in [-0.2, 0) is 14.3 Å². The quantitative estimate of drug-likeness (QED) is 0.0321. The summed E-state index contributed by atoms with van der Waals surface area (Å²) in [5.41, 5.74) is 0. The van der Waals surface area contributed by atoms with Gasteiger partial charge in [0.15, 0.2) is 0 Å². The van der Waals surface area contributed by atoms with Crippen molar-refractivity contribution in [2.24, 2.45) is 0 Å². The molecule has 0 aliphatic rings. The second-order valence-electron chi connectivity index (χ2n) is 18.9. The van der Waals surface area contributed by atoms with Crippen LogP contribution >= 0.6 is 0 Å². The SMILES string of the molecule is CCCCC/C=C\C/C=C\CCCCCCCCCC(=O)OCC/C=C\C/C=C\CCCCCCCCCCCCCCCCC(=O)NC(CO)C(O)CCCCCCCCCCC. The fraction of sp³-hybridized carbons (Fsp3) is 0.828. The van der Waals surface area contributed by atoms with E-state index < -0.39 is 12.1 Å². The van der Waals surface area contributed by atoms with Gasteiger partial charge in [-0.1, -0.05) is 242 Å². The average molecular weight is 898 g/mol. The molecule has 6 nitrogen and oxygen atoms in total. The highest BCUT2D eigenvalue weighted by Crippen LogP contribution is 2.16. The Morgan fingerprint density at radius 3 is 1.22 bits per heavy atom. The third-order valence-electron chi connectivity index (χ3n) is 12.6. The molecule has 0 rings (SSSR count). The standard InChI is InChI=1S/C58H107NO5/c1-3-5-7-9-11-13-14-15-16-22-26-29-32-36-40-44-48-52-58(63)64-53-49-45-41-37-33-30-27-24-21-19-17-18-20-23-25-28-31-35-39-43-47-51-57(62)59-55(54-60)56(61)50-46-42-38-34-12-10-8-6-4-2/h11,13,15-16,30,33,41,45,55-56,60-61H,3-10,12,14,17-29,31-32,34-40,42-44,46-54H2,1-2H3,(H,59,62)/b13-11-,16-15-,33-30-,45-41-. The molecule has 374 valence electrons. The van der Waals surface area contributed by atoms with Crippen molar-refractivity contribution in [1.29, 1.82) is 0 Å². The Morgan fingerprint density at radius 2 is 0.781 bits per heavy atom. The van der Waals surface area contributed by atoms with Crippen LogP contribution in [0.25, 0.3) is 0 Å². The van der Waals surface area contributed by atoms with Crippen LogP contribution in [0.4, 0.5) is 0 Å². The molecular weight excluding hydrogens is 791 g/mol. The minimum absolute atomic E-state index is 0.0431. The Hall–Kier alpha value is -2.18. The maximum atomic E-state index is 12.4. The van der Waals surface area contributed by atoms with Gasteiger partial charge >= 0.3 is 5.97 Å². The number of amides is 1. The molecule has 3 N–H and O–H groups in total. The van der Waals surface area contributed by atoms with Crippen molar-refractivity contribution in [3.05, 3.63) is 48.6 Å². The van der Waals surface area contributed by atoms with Gasteiger partial charge in [-0.3, -0.25) is 9.59 Å². The fourth-order valence-electron chi connectivity index (χ4n) is 8.33. The molecule has 0 aromatic carbocycles. The molecule has 0 saturated heterocycles. The molecule has 0 bridgehead atoms. The number of unbranched alkanes of at least 4 members (excludes halogenated alkanes) is 32. The van der Waals surface area contributed by atoms with Gasteiger partial charge in [-0.2, -0.15) is 0 Å². The number of rotatable bonds is 51. The van der Waals surface area contributed by atoms with E-state index in [0.29, 0.717) is 25.9 Å². The molecule has 2 atom stereocenters. The number of aliphatic hydroxyl groups excluding tert-OH is 2. The van der Waals surface area contributed by atoms with E-state index >= 15 is 0 Å². The predicted octanol–water partition coefficient (Wildman–Crippen LogP) is 17.0. The maximum Gasteiger partial charge on any atom is 0.305 e. The van der Waals surface area contributed by atoms with Crippen LogP contribution in [0, 0.1) is 0 Å². The van der Waals surface area contributed by atoms with E-state index in [9.17, 15) is 19.8 Å². The summed E-state index contributed by atoms with van der Waals surface area (Å²) in [6.07, 6.45) is 66.9. The topological polar surface area (TPSA) is 95.9 Å². The van der Waals surface area contributed by atoms with Crippen molar-refractivity contribution >= 4 is 11.9 Å². The number of carbonyl (C=O) groups is 2. The van der Waals surface area contributed by atoms with E-state index in [1.165, 1.54) is 193 Å². The van der Waals surface area contributed by atoms with E-state index in [0.717, 1.165) is 57.8 Å². The molecule has 64 heavy (non-hydrogen) atoms. The number of esters is 1. The third-order valence-corrected chi connectivity index (χ3v) is 12.6. The molecule has 0 saturated carbocycles. The van der Waals surface area contributed by atoms with Crippen LogP contribution in [-0.4, -0.2) is 47.4 Å². The molecule has 1 amide bonds. The highest BCUT2D eigenvalue weighted by Gasteiger charge is 2.20.